The molecule has 0 aliphatic heterocycles. The summed E-state index contributed by atoms with van der Waals surface area (Å²) in [4.78, 5) is 0. The molecule has 0 heterocycles. The fourth-order valence-electron chi connectivity index (χ4n) is 1.66. The van der Waals surface area contributed by atoms with Crippen molar-refractivity contribution in [3.63, 3.8) is 0 Å². The van der Waals surface area contributed by atoms with Crippen LogP contribution in [-0.4, -0.2) is 0 Å². The van der Waals surface area contributed by atoms with Gasteiger partial charge in [-0.3, -0.25) is 0 Å². The van der Waals surface area contributed by atoms with Crippen molar-refractivity contribution in [3.8, 4) is 0 Å². The van der Waals surface area contributed by atoms with Crippen molar-refractivity contribution >= 4 is 0 Å². The summed E-state index contributed by atoms with van der Waals surface area (Å²) >= 11 is 0. The van der Waals surface area contributed by atoms with Crippen molar-refractivity contribution in [2.45, 2.75) is 47.0 Å². The van der Waals surface area contributed by atoms with Gasteiger partial charge in [0, 0.05) is 0 Å². The van der Waals surface area contributed by atoms with E-state index in [-0.39, 0.29) is 0 Å². The first-order chi connectivity index (χ1) is 7.08. The summed E-state index contributed by atoms with van der Waals surface area (Å²) in [7, 11) is 0. The highest BCUT2D eigenvalue weighted by atomic mass is 14.1. The molecule has 0 spiro atoms. The van der Waals surface area contributed by atoms with Crippen molar-refractivity contribution in [1.29, 1.82) is 0 Å². The van der Waals surface area contributed by atoms with Crippen LogP contribution in [0.25, 0.3) is 0 Å². The van der Waals surface area contributed by atoms with Crippen molar-refractivity contribution in [2.24, 2.45) is 0 Å². The van der Waals surface area contributed by atoms with E-state index in [9.17, 15) is 0 Å². The molecule has 15 heavy (non-hydrogen) atoms. The topological polar surface area (TPSA) is 0 Å². The summed E-state index contributed by atoms with van der Waals surface area (Å²) in [6.45, 7) is 8.69. The monoisotopic (exact) mass is 202 g/mol. The van der Waals surface area contributed by atoms with E-state index < -0.39 is 0 Å². The summed E-state index contributed by atoms with van der Waals surface area (Å²) in [5.74, 6) is 0. The second kappa shape index (κ2) is 5.75. The molecule has 0 aromatic heterocycles. The van der Waals surface area contributed by atoms with Crippen LogP contribution in [0.5, 0.6) is 0 Å². The molecule has 0 fully saturated rings. The molecule has 1 aliphatic rings. The summed E-state index contributed by atoms with van der Waals surface area (Å²) in [5, 5.41) is 0. The van der Waals surface area contributed by atoms with Gasteiger partial charge in [-0.25, -0.2) is 0 Å². The largest absolute Gasteiger partial charge is 0.0764 e. The van der Waals surface area contributed by atoms with Gasteiger partial charge in [0.1, 0.15) is 0 Å². The summed E-state index contributed by atoms with van der Waals surface area (Å²) in [6, 6.07) is 0. The lowest BCUT2D eigenvalue weighted by Gasteiger charge is -2.12. The standard InChI is InChI=1S/C15H22/c1-12(2)5-6-14(4)11-15-9-7-13(3)8-10-15/h5-7,9H,8,10-11H2,1-4H3/b14-6+. The lowest BCUT2D eigenvalue weighted by Crippen LogP contribution is -1.92. The molecule has 0 N–H and O–H groups in total. The van der Waals surface area contributed by atoms with Gasteiger partial charge in [0.05, 0.1) is 0 Å². The molecule has 1 rings (SSSR count). The molecule has 0 saturated heterocycles. The van der Waals surface area contributed by atoms with Gasteiger partial charge in [-0.1, -0.05) is 46.6 Å². The average Bonchev–Trinajstić information content (AvgIpc) is 2.19. The second-order valence-electron chi connectivity index (χ2n) is 4.77. The van der Waals surface area contributed by atoms with E-state index in [0.717, 1.165) is 6.42 Å². The first-order valence-electron chi connectivity index (χ1n) is 5.74. The van der Waals surface area contributed by atoms with Crippen molar-refractivity contribution < 1.29 is 0 Å². The van der Waals surface area contributed by atoms with E-state index in [1.54, 1.807) is 5.57 Å². The maximum absolute atomic E-state index is 2.29. The Balaban J connectivity index is 2.56. The van der Waals surface area contributed by atoms with Gasteiger partial charge in [0.25, 0.3) is 0 Å². The highest BCUT2D eigenvalue weighted by molar-refractivity contribution is 5.27. The van der Waals surface area contributed by atoms with Gasteiger partial charge in [-0.15, -0.1) is 0 Å². The molecule has 0 aromatic rings. The first kappa shape index (κ1) is 12.0. The fourth-order valence-corrected chi connectivity index (χ4v) is 1.66. The highest BCUT2D eigenvalue weighted by Gasteiger charge is 2.03. The molecule has 0 aromatic carbocycles. The normalized spacial score (nSPS) is 16.9. The van der Waals surface area contributed by atoms with E-state index in [1.807, 2.05) is 0 Å². The van der Waals surface area contributed by atoms with E-state index in [4.69, 9.17) is 0 Å². The van der Waals surface area contributed by atoms with Crippen LogP contribution >= 0.6 is 0 Å². The highest BCUT2D eigenvalue weighted by Crippen LogP contribution is 2.23. The van der Waals surface area contributed by atoms with Crippen LogP contribution in [0.1, 0.15) is 47.0 Å². The SMILES string of the molecule is CC(C)=C/C=C(\C)CC1=CC=C(C)CC1. The van der Waals surface area contributed by atoms with E-state index in [2.05, 4.69) is 52.0 Å². The third kappa shape index (κ3) is 4.83. The maximum Gasteiger partial charge on any atom is -0.0105 e. The van der Waals surface area contributed by atoms with Crippen LogP contribution in [0.3, 0.4) is 0 Å². The summed E-state index contributed by atoms with van der Waals surface area (Å²) < 4.78 is 0. The van der Waals surface area contributed by atoms with Gasteiger partial charge in [-0.2, -0.15) is 0 Å². The summed E-state index contributed by atoms with van der Waals surface area (Å²) in [5.41, 5.74) is 5.89. The minimum Gasteiger partial charge on any atom is -0.0764 e. The molecule has 82 valence electrons. The van der Waals surface area contributed by atoms with Crippen LogP contribution in [0.2, 0.25) is 0 Å². The van der Waals surface area contributed by atoms with Crippen LogP contribution < -0.4 is 0 Å². The third-order valence-corrected chi connectivity index (χ3v) is 2.65. The Bertz CT molecular complexity index is 331. The van der Waals surface area contributed by atoms with E-state index in [1.165, 1.54) is 29.6 Å². The molecule has 0 radical (unpaired) electrons. The van der Waals surface area contributed by atoms with Crippen LogP contribution in [0.4, 0.5) is 0 Å². The number of rotatable bonds is 3. The lowest BCUT2D eigenvalue weighted by molar-refractivity contribution is 0.865. The number of allylic oxidation sites excluding steroid dienone is 8. The van der Waals surface area contributed by atoms with Gasteiger partial charge >= 0.3 is 0 Å². The molecular weight excluding hydrogens is 180 g/mol. The number of hydrogen-bond acceptors (Lipinski definition) is 0. The molecule has 0 amide bonds. The molecule has 0 atom stereocenters. The Labute approximate surface area is 94.1 Å². The van der Waals surface area contributed by atoms with Crippen LogP contribution in [-0.2, 0) is 0 Å². The molecule has 0 nitrogen and oxygen atoms in total. The fraction of sp³-hybridized carbons (Fsp3) is 0.467. The molecule has 0 heteroatoms. The Morgan fingerprint density at radius 3 is 2.40 bits per heavy atom. The zero-order valence-electron chi connectivity index (χ0n) is 10.4. The lowest BCUT2D eigenvalue weighted by atomic mass is 9.94. The van der Waals surface area contributed by atoms with E-state index in [0.29, 0.717) is 0 Å². The molecule has 0 bridgehead atoms. The number of hydrogen-bond donors (Lipinski definition) is 0. The van der Waals surface area contributed by atoms with Gasteiger partial charge in [0.15, 0.2) is 0 Å². The molecular formula is C15H22. The predicted octanol–water partition coefficient (Wildman–Crippen LogP) is 4.96. The van der Waals surface area contributed by atoms with Crippen molar-refractivity contribution in [3.05, 3.63) is 46.6 Å². The third-order valence-electron chi connectivity index (χ3n) is 2.65. The first-order valence-corrected chi connectivity index (χ1v) is 5.74. The smallest absolute Gasteiger partial charge is 0.0105 e. The minimum atomic E-state index is 1.13. The predicted molar refractivity (Wildman–Crippen MR) is 68.9 cm³/mol. The quantitative estimate of drug-likeness (QED) is 0.568. The van der Waals surface area contributed by atoms with Crippen LogP contribution in [0.15, 0.2) is 46.6 Å². The Morgan fingerprint density at radius 2 is 1.87 bits per heavy atom. The molecule has 0 saturated carbocycles. The molecule has 0 unspecified atom stereocenters. The maximum atomic E-state index is 2.29. The van der Waals surface area contributed by atoms with Gasteiger partial charge in [0.2, 0.25) is 0 Å². The van der Waals surface area contributed by atoms with Gasteiger partial charge in [-0.05, 0) is 47.0 Å². The Hall–Kier alpha value is -1.04. The Kier molecular flexibility index (Phi) is 4.61. The Morgan fingerprint density at radius 1 is 1.13 bits per heavy atom. The van der Waals surface area contributed by atoms with Crippen molar-refractivity contribution in [2.75, 3.05) is 0 Å². The van der Waals surface area contributed by atoms with E-state index >= 15 is 0 Å². The summed E-state index contributed by atoms with van der Waals surface area (Å²) in [6.07, 6.45) is 12.6. The average molecular weight is 202 g/mol. The van der Waals surface area contributed by atoms with Crippen molar-refractivity contribution in [1.82, 2.24) is 0 Å². The molecule has 1 aliphatic carbocycles. The van der Waals surface area contributed by atoms with Crippen LogP contribution in [0, 0.1) is 0 Å². The minimum absolute atomic E-state index is 1.13. The second-order valence-corrected chi connectivity index (χ2v) is 4.77. The van der Waals surface area contributed by atoms with Gasteiger partial charge < -0.3 is 0 Å². The zero-order chi connectivity index (χ0) is 11.3. The zero-order valence-corrected chi connectivity index (χ0v) is 10.4.